The van der Waals surface area contributed by atoms with Crippen molar-refractivity contribution in [3.63, 3.8) is 0 Å². The van der Waals surface area contributed by atoms with Crippen LogP contribution in [0.15, 0.2) is 53.3 Å². The minimum Gasteiger partial charge on any atom is -0.310 e. The molecule has 1 aromatic carbocycles. The third-order valence-corrected chi connectivity index (χ3v) is 5.15. The Hall–Kier alpha value is -2.26. The lowest BCUT2D eigenvalue weighted by Gasteiger charge is -2.08. The van der Waals surface area contributed by atoms with Gasteiger partial charge in [-0.25, -0.2) is 13.4 Å². The number of sulfone groups is 1. The van der Waals surface area contributed by atoms with E-state index in [1.165, 1.54) is 10.7 Å². The van der Waals surface area contributed by atoms with Crippen LogP contribution >= 0.6 is 15.9 Å². The van der Waals surface area contributed by atoms with Gasteiger partial charge in [0.05, 0.1) is 11.9 Å². The fourth-order valence-electron chi connectivity index (χ4n) is 2.24. The molecule has 3 rings (SSSR count). The molecule has 0 bridgehead atoms. The predicted octanol–water partition coefficient (Wildman–Crippen LogP) is 2.05. The minimum absolute atomic E-state index is 0.201. The van der Waals surface area contributed by atoms with Crippen molar-refractivity contribution in [2.75, 3.05) is 11.1 Å². The summed E-state index contributed by atoms with van der Waals surface area (Å²) in [6.07, 6.45) is 3.06. The van der Waals surface area contributed by atoms with Gasteiger partial charge in [0.1, 0.15) is 11.6 Å². The van der Waals surface area contributed by atoms with Crippen LogP contribution in [0, 0.1) is 0 Å². The van der Waals surface area contributed by atoms with Gasteiger partial charge in [0.15, 0.2) is 15.5 Å². The van der Waals surface area contributed by atoms with Gasteiger partial charge in [0, 0.05) is 16.7 Å². The van der Waals surface area contributed by atoms with E-state index in [0.29, 0.717) is 17.0 Å². The van der Waals surface area contributed by atoms with E-state index in [1.54, 1.807) is 36.5 Å². The molecule has 0 aliphatic heterocycles. The summed E-state index contributed by atoms with van der Waals surface area (Å²) < 4.78 is 26.6. The lowest BCUT2D eigenvalue weighted by molar-refractivity contribution is -0.113. The first-order chi connectivity index (χ1) is 11.4. The van der Waals surface area contributed by atoms with Gasteiger partial charge in [-0.1, -0.05) is 28.1 Å². The Morgan fingerprint density at radius 1 is 1.21 bits per heavy atom. The molecule has 0 spiro atoms. The number of aromatic nitrogens is 3. The van der Waals surface area contributed by atoms with Crippen molar-refractivity contribution in [1.29, 1.82) is 0 Å². The van der Waals surface area contributed by atoms with Crippen LogP contribution in [0.1, 0.15) is 5.56 Å². The summed E-state index contributed by atoms with van der Waals surface area (Å²) in [4.78, 5) is 16.2. The van der Waals surface area contributed by atoms with Crippen molar-refractivity contribution in [2.24, 2.45) is 0 Å². The Labute approximate surface area is 146 Å². The zero-order valence-corrected chi connectivity index (χ0v) is 14.8. The average molecular weight is 409 g/mol. The second-order valence-electron chi connectivity index (χ2n) is 5.14. The molecule has 0 radical (unpaired) electrons. The first kappa shape index (κ1) is 16.6. The zero-order valence-electron chi connectivity index (χ0n) is 12.4. The van der Waals surface area contributed by atoms with E-state index >= 15 is 0 Å². The molecule has 2 aromatic heterocycles. The van der Waals surface area contributed by atoms with Crippen molar-refractivity contribution >= 4 is 43.1 Å². The molecular weight excluding hydrogens is 396 g/mol. The number of hydrogen-bond donors (Lipinski definition) is 1. The lowest BCUT2D eigenvalue weighted by atomic mass is 10.2. The highest BCUT2D eigenvalue weighted by Gasteiger charge is 2.18. The SMILES string of the molecule is O=C(CS(=O)(=O)Cc1cccc(Br)c1)Nc1ccnc2ccnn12. The highest BCUT2D eigenvalue weighted by atomic mass is 79.9. The molecule has 124 valence electrons. The monoisotopic (exact) mass is 408 g/mol. The summed E-state index contributed by atoms with van der Waals surface area (Å²) >= 11 is 3.29. The van der Waals surface area contributed by atoms with Crippen molar-refractivity contribution in [3.8, 4) is 0 Å². The first-order valence-corrected chi connectivity index (χ1v) is 9.58. The standard InChI is InChI=1S/C15H13BrN4O3S/c16-12-3-1-2-11(8-12)9-24(22,23)10-15(21)19-14-4-6-17-13-5-7-18-20(13)14/h1-8H,9-10H2,(H,19,21). The van der Waals surface area contributed by atoms with E-state index < -0.39 is 21.5 Å². The number of fused-ring (bicyclic) bond motifs is 1. The van der Waals surface area contributed by atoms with E-state index in [4.69, 9.17) is 0 Å². The smallest absolute Gasteiger partial charge is 0.240 e. The van der Waals surface area contributed by atoms with Crippen LogP contribution in [0.2, 0.25) is 0 Å². The molecule has 0 aliphatic rings. The highest BCUT2D eigenvalue weighted by Crippen LogP contribution is 2.15. The topological polar surface area (TPSA) is 93.4 Å². The van der Waals surface area contributed by atoms with Crippen LogP contribution in [0.5, 0.6) is 0 Å². The Bertz CT molecular complexity index is 1000. The Morgan fingerprint density at radius 2 is 2.04 bits per heavy atom. The number of rotatable bonds is 5. The molecule has 0 fully saturated rings. The summed E-state index contributed by atoms with van der Waals surface area (Å²) in [6.45, 7) is 0. The van der Waals surface area contributed by atoms with E-state index in [1.807, 2.05) is 6.07 Å². The van der Waals surface area contributed by atoms with Gasteiger partial charge in [-0.2, -0.15) is 9.61 Å². The number of amides is 1. The van der Waals surface area contributed by atoms with Gasteiger partial charge < -0.3 is 5.32 Å². The number of carbonyl (C=O) groups excluding carboxylic acids is 1. The van der Waals surface area contributed by atoms with Crippen LogP contribution in [0.3, 0.4) is 0 Å². The largest absolute Gasteiger partial charge is 0.310 e. The van der Waals surface area contributed by atoms with Crippen LogP contribution in [-0.2, 0) is 20.4 Å². The molecular formula is C15H13BrN4O3S. The molecule has 1 N–H and O–H groups in total. The van der Waals surface area contributed by atoms with Crippen molar-refractivity contribution in [3.05, 3.63) is 58.8 Å². The molecule has 9 heteroatoms. The van der Waals surface area contributed by atoms with Gasteiger partial charge in [-0.3, -0.25) is 4.79 Å². The molecule has 1 amide bonds. The second kappa shape index (κ2) is 6.70. The Kier molecular flexibility index (Phi) is 4.63. The molecule has 0 atom stereocenters. The van der Waals surface area contributed by atoms with Crippen LogP contribution in [0.4, 0.5) is 5.82 Å². The van der Waals surface area contributed by atoms with Crippen molar-refractivity contribution in [1.82, 2.24) is 14.6 Å². The van der Waals surface area contributed by atoms with E-state index in [9.17, 15) is 13.2 Å². The van der Waals surface area contributed by atoms with Gasteiger partial charge in [0.2, 0.25) is 5.91 Å². The maximum atomic E-state index is 12.2. The van der Waals surface area contributed by atoms with Crippen LogP contribution in [-0.4, -0.2) is 34.7 Å². The molecule has 0 saturated heterocycles. The fraction of sp³-hybridized carbons (Fsp3) is 0.133. The second-order valence-corrected chi connectivity index (χ2v) is 8.12. The molecule has 0 unspecified atom stereocenters. The molecule has 0 saturated carbocycles. The fourth-order valence-corrected chi connectivity index (χ4v) is 3.95. The predicted molar refractivity (Wildman–Crippen MR) is 93.2 cm³/mol. The molecule has 0 aliphatic carbocycles. The molecule has 24 heavy (non-hydrogen) atoms. The third-order valence-electron chi connectivity index (χ3n) is 3.18. The highest BCUT2D eigenvalue weighted by molar-refractivity contribution is 9.10. The normalized spacial score (nSPS) is 11.5. The number of nitrogens with one attached hydrogen (secondary N) is 1. The van der Waals surface area contributed by atoms with Crippen molar-refractivity contribution in [2.45, 2.75) is 5.75 Å². The first-order valence-electron chi connectivity index (χ1n) is 6.96. The number of halogens is 1. The molecule has 3 aromatic rings. The molecule has 2 heterocycles. The number of hydrogen-bond acceptors (Lipinski definition) is 5. The number of anilines is 1. The maximum absolute atomic E-state index is 12.2. The summed E-state index contributed by atoms with van der Waals surface area (Å²) in [5, 5.41) is 6.59. The number of nitrogens with zero attached hydrogens (tertiary/aromatic N) is 3. The minimum atomic E-state index is -3.59. The van der Waals surface area contributed by atoms with Gasteiger partial charge in [0.25, 0.3) is 0 Å². The Balaban J connectivity index is 1.71. The van der Waals surface area contributed by atoms with Crippen molar-refractivity contribution < 1.29 is 13.2 Å². The summed E-state index contributed by atoms with van der Waals surface area (Å²) in [7, 11) is -3.59. The van der Waals surface area contributed by atoms with Crippen LogP contribution in [0.25, 0.3) is 5.65 Å². The summed E-state index contributed by atoms with van der Waals surface area (Å²) in [6, 6.07) is 10.2. The van der Waals surface area contributed by atoms with Gasteiger partial charge >= 0.3 is 0 Å². The quantitative estimate of drug-likeness (QED) is 0.696. The lowest BCUT2D eigenvalue weighted by Crippen LogP contribution is -2.25. The Morgan fingerprint density at radius 3 is 2.83 bits per heavy atom. The van der Waals surface area contributed by atoms with E-state index in [2.05, 4.69) is 31.3 Å². The van der Waals surface area contributed by atoms with Gasteiger partial charge in [-0.05, 0) is 23.8 Å². The molecule has 7 nitrogen and oxygen atoms in total. The third kappa shape index (κ3) is 3.98. The number of benzene rings is 1. The van der Waals surface area contributed by atoms with Crippen LogP contribution < -0.4 is 5.32 Å². The van der Waals surface area contributed by atoms with Gasteiger partial charge in [-0.15, -0.1) is 0 Å². The summed E-state index contributed by atoms with van der Waals surface area (Å²) in [5.41, 5.74) is 1.18. The zero-order chi connectivity index (χ0) is 17.2. The average Bonchev–Trinajstić information content (AvgIpc) is 2.95. The van der Waals surface area contributed by atoms with E-state index in [-0.39, 0.29) is 5.75 Å². The van der Waals surface area contributed by atoms with E-state index in [0.717, 1.165) is 4.47 Å². The maximum Gasteiger partial charge on any atom is 0.240 e. The summed E-state index contributed by atoms with van der Waals surface area (Å²) in [5.74, 6) is -1.06. The number of carbonyl (C=O) groups is 1.